The first-order valence-electron chi connectivity index (χ1n) is 10.6. The molecule has 3 aromatic rings. The number of methoxy groups -OCH3 is 2. The zero-order valence-corrected chi connectivity index (χ0v) is 20.7. The number of hydrogen-bond acceptors (Lipinski definition) is 8. The Kier molecular flexibility index (Phi) is 7.44. The Bertz CT molecular complexity index is 1400. The van der Waals surface area contributed by atoms with Gasteiger partial charge in [0.05, 0.1) is 25.2 Å². The molecule has 0 amide bonds. The monoisotopic (exact) mass is 526 g/mol. The van der Waals surface area contributed by atoms with Gasteiger partial charge in [0.1, 0.15) is 40.4 Å². The van der Waals surface area contributed by atoms with Crippen LogP contribution in [0.2, 0.25) is 10.0 Å². The molecular formula is C26H20Cl2N2O6. The van der Waals surface area contributed by atoms with Crippen molar-refractivity contribution in [3.8, 4) is 34.8 Å². The van der Waals surface area contributed by atoms with Crippen LogP contribution < -0.4 is 29.4 Å². The number of nitrogens with zero attached hydrogens (tertiary/aromatic N) is 1. The number of carbonyl (C=O) groups excluding carboxylic acids is 1. The number of fused-ring (bicyclic) bond motifs is 1. The van der Waals surface area contributed by atoms with Gasteiger partial charge < -0.3 is 29.4 Å². The fourth-order valence-corrected chi connectivity index (χ4v) is 4.24. The maximum atomic E-state index is 12.4. The summed E-state index contributed by atoms with van der Waals surface area (Å²) in [5.74, 6) is 0.632. The van der Waals surface area contributed by atoms with Crippen molar-refractivity contribution in [2.75, 3.05) is 20.8 Å². The maximum Gasteiger partial charge on any atom is 0.349 e. The minimum atomic E-state index is -0.663. The molecule has 0 fully saturated rings. The molecule has 8 nitrogen and oxygen atoms in total. The summed E-state index contributed by atoms with van der Waals surface area (Å²) in [5, 5.41) is 10.5. The Morgan fingerprint density at radius 2 is 1.75 bits per heavy atom. The number of benzene rings is 3. The van der Waals surface area contributed by atoms with Crippen molar-refractivity contribution in [3.63, 3.8) is 0 Å². The highest BCUT2D eigenvalue weighted by Gasteiger charge is 2.33. The molecule has 0 saturated heterocycles. The van der Waals surface area contributed by atoms with Gasteiger partial charge in [-0.3, -0.25) is 0 Å². The van der Waals surface area contributed by atoms with E-state index in [1.807, 2.05) is 0 Å². The summed E-state index contributed by atoms with van der Waals surface area (Å²) >= 11 is 11.9. The number of nitriles is 1. The van der Waals surface area contributed by atoms with Gasteiger partial charge in [-0.2, -0.15) is 5.26 Å². The molecule has 1 atom stereocenters. The van der Waals surface area contributed by atoms with Gasteiger partial charge in [-0.15, -0.1) is 0 Å². The van der Waals surface area contributed by atoms with Gasteiger partial charge in [-0.1, -0.05) is 29.3 Å². The Morgan fingerprint density at radius 3 is 2.44 bits per heavy atom. The molecule has 0 aliphatic carbocycles. The second kappa shape index (κ2) is 10.7. The van der Waals surface area contributed by atoms with E-state index in [2.05, 4.69) is 6.07 Å². The number of nitrogens with two attached hydrogens (primary N) is 1. The summed E-state index contributed by atoms with van der Waals surface area (Å²) in [6.45, 7) is -0.385. The lowest BCUT2D eigenvalue weighted by atomic mass is 9.83. The largest absolute Gasteiger partial charge is 0.497 e. The second-order valence-corrected chi connectivity index (χ2v) is 8.41. The molecule has 0 aromatic heterocycles. The summed E-state index contributed by atoms with van der Waals surface area (Å²) in [5.41, 5.74) is 7.61. The van der Waals surface area contributed by atoms with Gasteiger partial charge in [0.15, 0.2) is 6.61 Å². The van der Waals surface area contributed by atoms with E-state index in [0.717, 1.165) is 0 Å². The summed E-state index contributed by atoms with van der Waals surface area (Å²) in [6, 6.07) is 16.9. The topological polar surface area (TPSA) is 113 Å². The lowest BCUT2D eigenvalue weighted by molar-refractivity contribution is -0.136. The van der Waals surface area contributed by atoms with Crippen LogP contribution in [0.15, 0.2) is 66.1 Å². The average molecular weight is 527 g/mol. The minimum Gasteiger partial charge on any atom is -0.497 e. The molecule has 184 valence electrons. The predicted octanol–water partition coefficient (Wildman–Crippen LogP) is 5.21. The van der Waals surface area contributed by atoms with E-state index >= 15 is 0 Å². The number of halogens is 2. The third kappa shape index (κ3) is 5.13. The Hall–Kier alpha value is -4.06. The normalized spacial score (nSPS) is 14.2. The fraction of sp³-hybridized carbons (Fsp3) is 0.154. The molecule has 1 heterocycles. The molecule has 0 radical (unpaired) electrons. The molecule has 0 bridgehead atoms. The van der Waals surface area contributed by atoms with Crippen LogP contribution in [0.3, 0.4) is 0 Å². The first-order chi connectivity index (χ1) is 17.3. The molecule has 2 N–H and O–H groups in total. The van der Waals surface area contributed by atoms with E-state index in [1.54, 1.807) is 49.6 Å². The Morgan fingerprint density at radius 1 is 1.00 bits per heavy atom. The number of carbonyl (C=O) groups is 1. The average Bonchev–Trinajstić information content (AvgIpc) is 2.86. The van der Waals surface area contributed by atoms with Gasteiger partial charge >= 0.3 is 5.97 Å². The highest BCUT2D eigenvalue weighted by atomic mass is 35.5. The van der Waals surface area contributed by atoms with E-state index < -0.39 is 11.9 Å². The molecular weight excluding hydrogens is 507 g/mol. The zero-order chi connectivity index (χ0) is 25.8. The predicted molar refractivity (Wildman–Crippen MR) is 133 cm³/mol. The second-order valence-electron chi connectivity index (χ2n) is 7.57. The molecule has 0 saturated carbocycles. The summed E-state index contributed by atoms with van der Waals surface area (Å²) < 4.78 is 27.4. The van der Waals surface area contributed by atoms with Gasteiger partial charge in [0.2, 0.25) is 5.88 Å². The maximum absolute atomic E-state index is 12.4. The Balaban J connectivity index is 1.60. The van der Waals surface area contributed by atoms with Crippen LogP contribution in [0.25, 0.3) is 0 Å². The van der Waals surface area contributed by atoms with Gasteiger partial charge in [0.25, 0.3) is 0 Å². The minimum absolute atomic E-state index is 0.0657. The zero-order valence-electron chi connectivity index (χ0n) is 19.2. The van der Waals surface area contributed by atoms with Crippen LogP contribution in [0.4, 0.5) is 0 Å². The van der Waals surface area contributed by atoms with E-state index in [4.69, 9.17) is 52.6 Å². The lowest BCUT2D eigenvalue weighted by Gasteiger charge is -2.28. The third-order valence-corrected chi connectivity index (χ3v) is 5.94. The Labute approximate surface area is 217 Å². The van der Waals surface area contributed by atoms with Crippen LogP contribution in [-0.2, 0) is 4.79 Å². The SMILES string of the molecule is COc1ccc(OC)c(C2C(C#N)=C(N)Oc3cc(OC(=O)COc4ccc(Cl)cc4Cl)ccc32)c1. The van der Waals surface area contributed by atoms with E-state index in [9.17, 15) is 10.1 Å². The van der Waals surface area contributed by atoms with Crippen LogP contribution >= 0.6 is 23.2 Å². The number of rotatable bonds is 7. The standard InChI is InChI=1S/C26H20Cl2N2O6/c1-32-15-5-8-21(33-2)18(10-15)25-17-6-4-16(11-23(17)36-26(30)19(25)12-29)35-24(31)13-34-22-7-3-14(27)9-20(22)28/h3-11,25H,13,30H2,1-2H3. The lowest BCUT2D eigenvalue weighted by Crippen LogP contribution is -2.22. The van der Waals surface area contributed by atoms with Crippen molar-refractivity contribution in [2.24, 2.45) is 5.73 Å². The molecule has 3 aromatic carbocycles. The summed E-state index contributed by atoms with van der Waals surface area (Å²) in [4.78, 5) is 12.4. The van der Waals surface area contributed by atoms with Crippen molar-refractivity contribution in [3.05, 3.63) is 87.2 Å². The number of ether oxygens (including phenoxy) is 5. The summed E-state index contributed by atoms with van der Waals surface area (Å²) in [7, 11) is 3.08. The number of esters is 1. The smallest absolute Gasteiger partial charge is 0.349 e. The third-order valence-electron chi connectivity index (χ3n) is 5.41. The quantitative estimate of drug-likeness (QED) is 0.329. The van der Waals surface area contributed by atoms with E-state index in [0.29, 0.717) is 39.1 Å². The van der Waals surface area contributed by atoms with Crippen LogP contribution in [0.1, 0.15) is 17.0 Å². The first kappa shape index (κ1) is 25.0. The van der Waals surface area contributed by atoms with Crippen molar-refractivity contribution in [1.82, 2.24) is 0 Å². The molecule has 4 rings (SSSR count). The molecule has 1 unspecified atom stereocenters. The van der Waals surface area contributed by atoms with Crippen molar-refractivity contribution < 1.29 is 28.5 Å². The van der Waals surface area contributed by atoms with Crippen molar-refractivity contribution in [2.45, 2.75) is 5.92 Å². The van der Waals surface area contributed by atoms with E-state index in [1.165, 1.54) is 19.2 Å². The highest BCUT2D eigenvalue weighted by molar-refractivity contribution is 6.35. The number of hydrogen-bond donors (Lipinski definition) is 1. The molecule has 10 heteroatoms. The summed E-state index contributed by atoms with van der Waals surface area (Å²) in [6.07, 6.45) is 0. The number of allylic oxidation sites excluding steroid dienone is 1. The first-order valence-corrected chi connectivity index (χ1v) is 11.3. The van der Waals surface area contributed by atoms with Gasteiger partial charge in [-0.05, 0) is 42.5 Å². The van der Waals surface area contributed by atoms with Gasteiger partial charge in [-0.25, -0.2) is 4.79 Å². The van der Waals surface area contributed by atoms with Crippen molar-refractivity contribution in [1.29, 1.82) is 5.26 Å². The molecule has 1 aliphatic heterocycles. The van der Waals surface area contributed by atoms with Crippen LogP contribution in [0.5, 0.6) is 28.7 Å². The molecule has 36 heavy (non-hydrogen) atoms. The highest BCUT2D eigenvalue weighted by Crippen LogP contribution is 2.46. The molecule has 0 spiro atoms. The van der Waals surface area contributed by atoms with Crippen LogP contribution in [-0.4, -0.2) is 26.8 Å². The van der Waals surface area contributed by atoms with Gasteiger partial charge in [0, 0.05) is 22.2 Å². The fourth-order valence-electron chi connectivity index (χ4n) is 3.77. The molecule has 1 aliphatic rings. The van der Waals surface area contributed by atoms with Crippen molar-refractivity contribution >= 4 is 29.2 Å². The van der Waals surface area contributed by atoms with E-state index in [-0.39, 0.29) is 28.8 Å². The van der Waals surface area contributed by atoms with Crippen LogP contribution in [0, 0.1) is 11.3 Å².